The van der Waals surface area contributed by atoms with Crippen LogP contribution in [0.5, 0.6) is 11.6 Å². The van der Waals surface area contributed by atoms with Crippen molar-refractivity contribution in [1.29, 1.82) is 0 Å². The molecule has 2 N–H and O–H groups in total. The summed E-state index contributed by atoms with van der Waals surface area (Å²) < 4.78 is 61.7. The van der Waals surface area contributed by atoms with Crippen molar-refractivity contribution in [3.63, 3.8) is 0 Å². The Morgan fingerprint density at radius 1 is 1.04 bits per heavy atom. The number of carbonyl (C=O) groups is 1. The van der Waals surface area contributed by atoms with Crippen LogP contribution in [0.15, 0.2) is 77.4 Å². The van der Waals surface area contributed by atoms with E-state index in [2.05, 4.69) is 29.4 Å². The predicted octanol–water partition coefficient (Wildman–Crippen LogP) is 7.05. The molecule has 1 amide bonds. The molecule has 0 bridgehead atoms. The SMILES string of the molecule is CN=S(=O)(Cc1ccccc1)Nc1ccc(Oc2ncccc2-c2ccnc(N[C@H]3CCCN(C(=O)OC(C)(C)C)C3)n2)c(F)c1F. The third kappa shape index (κ3) is 8.70. The fourth-order valence-corrected chi connectivity index (χ4v) is 6.37. The minimum Gasteiger partial charge on any atom is -0.444 e. The van der Waals surface area contributed by atoms with Gasteiger partial charge in [0.25, 0.3) is 0 Å². The van der Waals surface area contributed by atoms with Crippen LogP contribution in [0.3, 0.4) is 0 Å². The number of piperidine rings is 1. The van der Waals surface area contributed by atoms with Gasteiger partial charge in [0.15, 0.2) is 11.6 Å². The number of anilines is 2. The molecule has 1 fully saturated rings. The Morgan fingerprint density at radius 3 is 2.57 bits per heavy atom. The first-order chi connectivity index (χ1) is 22.4. The van der Waals surface area contributed by atoms with Crippen molar-refractivity contribution in [3.05, 3.63) is 90.3 Å². The molecule has 1 aliphatic heterocycles. The highest BCUT2D eigenvalue weighted by Gasteiger charge is 2.28. The highest BCUT2D eigenvalue weighted by molar-refractivity contribution is 7.94. The van der Waals surface area contributed by atoms with Gasteiger partial charge in [-0.1, -0.05) is 30.3 Å². The minimum absolute atomic E-state index is 0.000528. The lowest BCUT2D eigenvalue weighted by atomic mass is 10.1. The minimum atomic E-state index is -3.15. The van der Waals surface area contributed by atoms with Crippen molar-refractivity contribution in [2.45, 2.75) is 51.0 Å². The molecule has 11 nitrogen and oxygen atoms in total. The van der Waals surface area contributed by atoms with Gasteiger partial charge < -0.3 is 19.7 Å². The zero-order chi connectivity index (χ0) is 33.6. The molecule has 1 aliphatic rings. The molecule has 2 aromatic carbocycles. The van der Waals surface area contributed by atoms with E-state index in [0.29, 0.717) is 30.3 Å². The number of nitrogens with zero attached hydrogens (tertiary/aromatic N) is 5. The summed E-state index contributed by atoms with van der Waals surface area (Å²) in [5.41, 5.74) is 0.652. The van der Waals surface area contributed by atoms with E-state index >= 15 is 8.78 Å². The molecule has 0 saturated carbocycles. The summed E-state index contributed by atoms with van der Waals surface area (Å²) in [4.78, 5) is 27.4. The lowest BCUT2D eigenvalue weighted by Crippen LogP contribution is -2.47. The van der Waals surface area contributed by atoms with Gasteiger partial charge >= 0.3 is 6.09 Å². The summed E-state index contributed by atoms with van der Waals surface area (Å²) in [7, 11) is -1.79. The fraction of sp³-hybridized carbons (Fsp3) is 0.333. The average Bonchev–Trinajstić information content (AvgIpc) is 3.05. The molecule has 47 heavy (non-hydrogen) atoms. The van der Waals surface area contributed by atoms with Gasteiger partial charge in [-0.15, -0.1) is 0 Å². The van der Waals surface area contributed by atoms with Gasteiger partial charge in [0, 0.05) is 38.6 Å². The molecule has 2 aromatic heterocycles. The summed E-state index contributed by atoms with van der Waals surface area (Å²) in [5.74, 6) is -2.68. The zero-order valence-electron chi connectivity index (χ0n) is 26.6. The van der Waals surface area contributed by atoms with Crippen molar-refractivity contribution in [2.24, 2.45) is 4.36 Å². The Bertz CT molecular complexity index is 1850. The third-order valence-electron chi connectivity index (χ3n) is 7.13. The van der Waals surface area contributed by atoms with Crippen LogP contribution in [0.25, 0.3) is 11.3 Å². The van der Waals surface area contributed by atoms with Gasteiger partial charge in [-0.05, 0) is 69.5 Å². The van der Waals surface area contributed by atoms with E-state index in [1.165, 1.54) is 25.4 Å². The second-order valence-corrected chi connectivity index (χ2v) is 14.1. The summed E-state index contributed by atoms with van der Waals surface area (Å²) in [6.07, 6.45) is 4.23. The number of halogens is 2. The maximum absolute atomic E-state index is 15.3. The zero-order valence-corrected chi connectivity index (χ0v) is 27.4. The number of amides is 1. The van der Waals surface area contributed by atoms with E-state index in [9.17, 15) is 9.00 Å². The summed E-state index contributed by atoms with van der Waals surface area (Å²) in [5, 5.41) is 3.29. The van der Waals surface area contributed by atoms with E-state index in [1.54, 1.807) is 53.6 Å². The molecule has 0 spiro atoms. The fourth-order valence-electron chi connectivity index (χ4n) is 4.93. The van der Waals surface area contributed by atoms with Crippen LogP contribution in [0.4, 0.5) is 25.2 Å². The Balaban J connectivity index is 1.31. The van der Waals surface area contributed by atoms with Crippen molar-refractivity contribution < 1.29 is 27.3 Å². The number of carbonyl (C=O) groups excluding carboxylic acids is 1. The van der Waals surface area contributed by atoms with Crippen molar-refractivity contribution in [1.82, 2.24) is 19.9 Å². The third-order valence-corrected chi connectivity index (χ3v) is 8.99. The van der Waals surface area contributed by atoms with Crippen LogP contribution < -0.4 is 14.8 Å². The second-order valence-electron chi connectivity index (χ2n) is 11.9. The first-order valence-corrected chi connectivity index (χ1v) is 16.7. The number of benzene rings is 2. The first kappa shape index (κ1) is 33.5. The molecular weight excluding hydrogens is 628 g/mol. The van der Waals surface area contributed by atoms with Crippen LogP contribution in [-0.2, 0) is 20.4 Å². The molecule has 1 unspecified atom stereocenters. The monoisotopic (exact) mass is 665 g/mol. The Kier molecular flexibility index (Phi) is 10.2. The van der Waals surface area contributed by atoms with Crippen LogP contribution >= 0.6 is 0 Å². The van der Waals surface area contributed by atoms with Crippen molar-refractivity contribution in [2.75, 3.05) is 30.2 Å². The molecule has 5 rings (SSSR count). The maximum Gasteiger partial charge on any atom is 0.410 e. The lowest BCUT2D eigenvalue weighted by Gasteiger charge is -2.34. The quantitative estimate of drug-likeness (QED) is 0.195. The van der Waals surface area contributed by atoms with E-state index in [4.69, 9.17) is 9.47 Å². The number of pyridine rings is 1. The molecule has 14 heteroatoms. The Hall–Kier alpha value is -4.85. The Labute approximate surface area is 273 Å². The first-order valence-electron chi connectivity index (χ1n) is 15.1. The molecule has 3 heterocycles. The van der Waals surface area contributed by atoms with Crippen LogP contribution in [-0.4, -0.2) is 61.9 Å². The van der Waals surface area contributed by atoms with Gasteiger partial charge in [0.2, 0.25) is 17.6 Å². The molecule has 1 saturated heterocycles. The van der Waals surface area contributed by atoms with E-state index in [0.717, 1.165) is 18.4 Å². The predicted molar refractivity (Wildman–Crippen MR) is 176 cm³/mol. The number of aromatic nitrogens is 3. The van der Waals surface area contributed by atoms with Crippen LogP contribution in [0, 0.1) is 11.6 Å². The highest BCUT2D eigenvalue weighted by Crippen LogP contribution is 2.34. The normalized spacial score (nSPS) is 16.1. The van der Waals surface area contributed by atoms with Crippen molar-refractivity contribution >= 4 is 27.6 Å². The number of hydrogen-bond donors (Lipinski definition) is 2. The van der Waals surface area contributed by atoms with E-state index in [-0.39, 0.29) is 29.5 Å². The molecule has 4 aromatic rings. The topological polar surface area (TPSA) is 131 Å². The highest BCUT2D eigenvalue weighted by atomic mass is 32.2. The largest absolute Gasteiger partial charge is 0.444 e. The van der Waals surface area contributed by atoms with Gasteiger partial charge in [-0.25, -0.2) is 32.7 Å². The lowest BCUT2D eigenvalue weighted by molar-refractivity contribution is 0.0206. The second kappa shape index (κ2) is 14.3. The van der Waals surface area contributed by atoms with Gasteiger partial charge in [0.1, 0.15) is 15.5 Å². The molecular formula is C33H37F2N7O4S. The number of ether oxygens (including phenoxy) is 2. The van der Waals surface area contributed by atoms with Crippen LogP contribution in [0.2, 0.25) is 0 Å². The van der Waals surface area contributed by atoms with E-state index < -0.39 is 32.9 Å². The molecule has 2 atom stereocenters. The molecule has 0 aliphatic carbocycles. The number of likely N-dealkylation sites (tertiary alicyclic amines) is 1. The maximum atomic E-state index is 15.3. The Morgan fingerprint density at radius 2 is 1.83 bits per heavy atom. The smallest absolute Gasteiger partial charge is 0.410 e. The summed E-state index contributed by atoms with van der Waals surface area (Å²) >= 11 is 0. The summed E-state index contributed by atoms with van der Waals surface area (Å²) in [6.45, 7) is 6.50. The van der Waals surface area contributed by atoms with Crippen molar-refractivity contribution in [3.8, 4) is 22.9 Å². The number of hydrogen-bond acceptors (Lipinski definition) is 9. The van der Waals surface area contributed by atoms with Gasteiger partial charge in [-0.3, -0.25) is 4.72 Å². The molecule has 0 radical (unpaired) electrons. The summed E-state index contributed by atoms with van der Waals surface area (Å²) in [6, 6.07) is 16.3. The number of rotatable bonds is 9. The van der Waals surface area contributed by atoms with Gasteiger partial charge in [0.05, 0.1) is 22.7 Å². The number of nitrogens with one attached hydrogen (secondary N) is 2. The van der Waals surface area contributed by atoms with Crippen LogP contribution in [0.1, 0.15) is 39.2 Å². The van der Waals surface area contributed by atoms with E-state index in [1.807, 2.05) is 26.8 Å². The molecule has 248 valence electrons. The van der Waals surface area contributed by atoms with Gasteiger partial charge in [-0.2, -0.15) is 4.39 Å². The standard InChI is InChI=1S/C33H37F2N7O4S/c1-33(2,3)46-32(43)42-19-9-12-23(20-42)39-31-38-18-16-25(40-31)24-13-8-17-37-30(24)45-27-15-14-26(28(34)29(27)35)41-47(44,36-4)21-22-10-6-5-7-11-22/h5-8,10-11,13-18,23H,9,12,19-21H2,1-4H3,(H,36,41,44)(H,38,39,40)/t23-,47?/m0/s1. The average molecular weight is 666 g/mol.